The lowest BCUT2D eigenvalue weighted by Crippen LogP contribution is -2.31. The van der Waals surface area contributed by atoms with Crippen LogP contribution in [0.5, 0.6) is 5.75 Å². The quantitative estimate of drug-likeness (QED) is 0.353. The van der Waals surface area contributed by atoms with Gasteiger partial charge in [0.15, 0.2) is 0 Å². The molecular weight excluding hydrogens is 361 g/mol. The van der Waals surface area contributed by atoms with Gasteiger partial charge in [0.2, 0.25) is 11.8 Å². The Kier molecular flexibility index (Phi) is 4.55. The average molecular weight is 379 g/mol. The van der Waals surface area contributed by atoms with Crippen LogP contribution >= 0.6 is 0 Å². The highest BCUT2D eigenvalue weighted by Gasteiger charge is 2.50. The van der Waals surface area contributed by atoms with E-state index in [1.807, 2.05) is 19.1 Å². The lowest BCUT2D eigenvalue weighted by Gasteiger charge is -2.22. The van der Waals surface area contributed by atoms with Gasteiger partial charge in [-0.25, -0.2) is 14.1 Å². The van der Waals surface area contributed by atoms with Gasteiger partial charge in [-0.1, -0.05) is 37.3 Å². The van der Waals surface area contributed by atoms with Crippen LogP contribution in [0.4, 0.5) is 10.1 Å². The molecule has 4 rings (SSSR count). The van der Waals surface area contributed by atoms with Crippen LogP contribution in [0.3, 0.4) is 0 Å². The molecule has 0 saturated carbocycles. The highest BCUT2D eigenvalue weighted by Crippen LogP contribution is 2.40. The zero-order chi connectivity index (χ0) is 19.8. The molecule has 28 heavy (non-hydrogen) atoms. The zero-order valence-corrected chi connectivity index (χ0v) is 15.2. The van der Waals surface area contributed by atoms with Gasteiger partial charge in [-0.3, -0.25) is 9.59 Å². The van der Waals surface area contributed by atoms with Crippen molar-refractivity contribution in [3.63, 3.8) is 0 Å². The first-order valence-corrected chi connectivity index (χ1v) is 9.08. The van der Waals surface area contributed by atoms with Gasteiger partial charge in [0, 0.05) is 6.07 Å². The fourth-order valence-electron chi connectivity index (χ4n) is 3.88. The molecule has 6 heteroatoms. The number of amides is 2. The highest BCUT2D eigenvalue weighted by atomic mass is 19.1. The molecule has 5 nitrogen and oxygen atoms in total. The van der Waals surface area contributed by atoms with E-state index in [0.717, 1.165) is 0 Å². The monoisotopic (exact) mass is 379 g/mol. The second-order valence-corrected chi connectivity index (χ2v) is 7.03. The van der Waals surface area contributed by atoms with E-state index in [0.29, 0.717) is 12.1 Å². The number of nitrogens with zero attached hydrogens (tertiary/aromatic N) is 1. The number of ether oxygens (including phenoxy) is 1. The van der Waals surface area contributed by atoms with Crippen molar-refractivity contribution in [2.45, 2.75) is 13.3 Å². The summed E-state index contributed by atoms with van der Waals surface area (Å²) >= 11 is 0. The van der Waals surface area contributed by atoms with E-state index in [1.54, 1.807) is 12.1 Å². The molecule has 0 spiro atoms. The second kappa shape index (κ2) is 7.03. The predicted molar refractivity (Wildman–Crippen MR) is 100 cm³/mol. The molecule has 0 bridgehead atoms. The van der Waals surface area contributed by atoms with Crippen LogP contribution in [-0.2, 0) is 9.59 Å². The van der Waals surface area contributed by atoms with E-state index < -0.39 is 11.8 Å². The van der Waals surface area contributed by atoms with E-state index in [1.165, 1.54) is 41.3 Å². The molecule has 3 atom stereocenters. The molecule has 0 unspecified atom stereocenters. The second-order valence-electron chi connectivity index (χ2n) is 7.03. The van der Waals surface area contributed by atoms with Crippen LogP contribution in [0.25, 0.3) is 0 Å². The third-order valence-corrected chi connectivity index (χ3v) is 5.25. The summed E-state index contributed by atoms with van der Waals surface area (Å²) in [6, 6.07) is 11.7. The summed E-state index contributed by atoms with van der Waals surface area (Å²) in [5, 5.41) is 0. The van der Waals surface area contributed by atoms with Crippen LogP contribution in [0.2, 0.25) is 0 Å². The normalized spacial score (nSPS) is 23.6. The maximum atomic E-state index is 13.8. The summed E-state index contributed by atoms with van der Waals surface area (Å²) in [5.41, 5.74) is 0.155. The molecule has 2 amide bonds. The van der Waals surface area contributed by atoms with Crippen LogP contribution in [0.1, 0.15) is 23.7 Å². The molecule has 0 radical (unpaired) electrons. The lowest BCUT2D eigenvalue weighted by molar-refractivity contribution is -0.122. The maximum absolute atomic E-state index is 13.8. The number of benzene rings is 2. The minimum atomic E-state index is -0.846. The topological polar surface area (TPSA) is 63.7 Å². The number of esters is 1. The van der Waals surface area contributed by atoms with Gasteiger partial charge in [0.1, 0.15) is 11.6 Å². The summed E-state index contributed by atoms with van der Waals surface area (Å²) in [6.45, 7) is 1.93. The van der Waals surface area contributed by atoms with E-state index in [2.05, 4.69) is 0 Å². The van der Waals surface area contributed by atoms with Crippen LogP contribution in [-0.4, -0.2) is 17.8 Å². The van der Waals surface area contributed by atoms with Crippen LogP contribution in [0, 0.1) is 23.6 Å². The molecule has 2 aliphatic rings. The Morgan fingerprint density at radius 3 is 2.64 bits per heavy atom. The Hall–Kier alpha value is -3.28. The van der Waals surface area contributed by atoms with Gasteiger partial charge >= 0.3 is 5.97 Å². The summed E-state index contributed by atoms with van der Waals surface area (Å²) in [6.07, 6.45) is 4.44. The van der Waals surface area contributed by atoms with Crippen molar-refractivity contribution in [1.82, 2.24) is 0 Å². The standard InChI is InChI=1S/C22H18FNO4/c1-13-6-4-10-17-19(13)21(26)24(20(17)25)14-7-5-8-15(12-14)28-22(27)16-9-2-3-11-18(16)23/h2-9,11-13,17,19H,10H2,1H3/t13-,17+,19+/m1/s1. The molecule has 1 aliphatic heterocycles. The number of halogens is 1. The number of carbonyl (C=O) groups excluding carboxylic acids is 3. The smallest absolute Gasteiger partial charge is 0.346 e. The first kappa shape index (κ1) is 18.1. The predicted octanol–water partition coefficient (Wildman–Crippen LogP) is 3.75. The SMILES string of the molecule is C[C@@H]1C=CC[C@@H]2C(=O)N(c3cccc(OC(=O)c4ccccc4F)c3)C(=O)[C@@H]12. The molecule has 0 aromatic heterocycles. The van der Waals surface area contributed by atoms with Gasteiger partial charge in [-0.2, -0.15) is 0 Å². The molecular formula is C22H18FNO4. The van der Waals surface area contributed by atoms with Gasteiger partial charge in [0.25, 0.3) is 0 Å². The van der Waals surface area contributed by atoms with Crippen molar-refractivity contribution >= 4 is 23.5 Å². The summed E-state index contributed by atoms with van der Waals surface area (Å²) < 4.78 is 19.0. The average Bonchev–Trinajstić information content (AvgIpc) is 2.94. The Balaban J connectivity index is 1.59. The fourth-order valence-corrected chi connectivity index (χ4v) is 3.88. The van der Waals surface area contributed by atoms with Crippen LogP contribution < -0.4 is 9.64 Å². The molecule has 0 N–H and O–H groups in total. The van der Waals surface area contributed by atoms with E-state index in [4.69, 9.17) is 4.74 Å². The minimum absolute atomic E-state index is 0.0118. The first-order chi connectivity index (χ1) is 13.5. The number of carbonyl (C=O) groups is 3. The third-order valence-electron chi connectivity index (χ3n) is 5.25. The van der Waals surface area contributed by atoms with Gasteiger partial charge in [0.05, 0.1) is 23.1 Å². The van der Waals surface area contributed by atoms with E-state index >= 15 is 0 Å². The third kappa shape index (κ3) is 3.01. The van der Waals surface area contributed by atoms with Gasteiger partial charge in [-0.15, -0.1) is 0 Å². The van der Waals surface area contributed by atoms with Crippen molar-refractivity contribution in [3.05, 3.63) is 72.1 Å². The fraction of sp³-hybridized carbons (Fsp3) is 0.227. The number of imide groups is 1. The molecule has 2 aromatic carbocycles. The molecule has 1 saturated heterocycles. The Morgan fingerprint density at radius 2 is 1.89 bits per heavy atom. The first-order valence-electron chi connectivity index (χ1n) is 9.08. The number of hydrogen-bond donors (Lipinski definition) is 0. The van der Waals surface area contributed by atoms with Crippen molar-refractivity contribution < 1.29 is 23.5 Å². The van der Waals surface area contributed by atoms with Crippen molar-refractivity contribution in [2.24, 2.45) is 17.8 Å². The molecule has 1 fully saturated rings. The molecule has 1 aliphatic carbocycles. The Labute approximate surface area is 161 Å². The Morgan fingerprint density at radius 1 is 1.11 bits per heavy atom. The number of rotatable bonds is 3. The number of hydrogen-bond acceptors (Lipinski definition) is 4. The van der Waals surface area contributed by atoms with Crippen LogP contribution in [0.15, 0.2) is 60.7 Å². The summed E-state index contributed by atoms with van der Waals surface area (Å²) in [4.78, 5) is 39.1. The highest BCUT2D eigenvalue weighted by molar-refractivity contribution is 6.22. The minimum Gasteiger partial charge on any atom is -0.423 e. The number of fused-ring (bicyclic) bond motifs is 1. The summed E-state index contributed by atoms with van der Waals surface area (Å²) in [5.74, 6) is -2.64. The molecule has 142 valence electrons. The number of allylic oxidation sites excluding steroid dienone is 2. The largest absolute Gasteiger partial charge is 0.423 e. The van der Waals surface area contributed by atoms with Crippen molar-refractivity contribution in [2.75, 3.05) is 4.90 Å². The Bertz CT molecular complexity index is 1000. The van der Waals surface area contributed by atoms with Crippen molar-refractivity contribution in [3.8, 4) is 5.75 Å². The maximum Gasteiger partial charge on any atom is 0.346 e. The van der Waals surface area contributed by atoms with Gasteiger partial charge in [-0.05, 0) is 36.6 Å². The van der Waals surface area contributed by atoms with E-state index in [-0.39, 0.29) is 40.9 Å². The lowest BCUT2D eigenvalue weighted by atomic mass is 9.78. The van der Waals surface area contributed by atoms with Crippen molar-refractivity contribution in [1.29, 1.82) is 0 Å². The zero-order valence-electron chi connectivity index (χ0n) is 15.2. The van der Waals surface area contributed by atoms with E-state index in [9.17, 15) is 18.8 Å². The van der Waals surface area contributed by atoms with Gasteiger partial charge < -0.3 is 4.74 Å². The number of anilines is 1. The summed E-state index contributed by atoms with van der Waals surface area (Å²) in [7, 11) is 0. The molecule has 2 aromatic rings. The molecule has 1 heterocycles.